The summed E-state index contributed by atoms with van der Waals surface area (Å²) >= 11 is 1.22. The quantitative estimate of drug-likeness (QED) is 0.390. The average Bonchev–Trinajstić information content (AvgIpc) is 3.21. The highest BCUT2D eigenvalue weighted by Crippen LogP contribution is 2.33. The predicted octanol–water partition coefficient (Wildman–Crippen LogP) is 2.20. The number of rotatable bonds is 8. The Morgan fingerprint density at radius 2 is 1.91 bits per heavy atom. The van der Waals surface area contributed by atoms with Crippen molar-refractivity contribution in [3.05, 3.63) is 42.0 Å². The SMILES string of the molecule is COc1ccc(-c2nnc(SCC(=O)N(C)Cc3ccc4c(c3)OCCO4)n2N)c(OC)c1. The van der Waals surface area contributed by atoms with E-state index in [4.69, 9.17) is 24.8 Å². The summed E-state index contributed by atoms with van der Waals surface area (Å²) in [6, 6.07) is 11.0. The summed E-state index contributed by atoms with van der Waals surface area (Å²) in [5.74, 6) is 9.37. The third-order valence-electron chi connectivity index (χ3n) is 5.09. The van der Waals surface area contributed by atoms with Gasteiger partial charge in [0.05, 0.1) is 25.5 Å². The molecule has 0 spiro atoms. The van der Waals surface area contributed by atoms with Gasteiger partial charge < -0.3 is 29.7 Å². The third-order valence-corrected chi connectivity index (χ3v) is 6.02. The number of carbonyl (C=O) groups is 1. The maximum atomic E-state index is 12.7. The van der Waals surface area contributed by atoms with Crippen LogP contribution in [0, 0.1) is 0 Å². The van der Waals surface area contributed by atoms with Crippen LogP contribution in [0.15, 0.2) is 41.6 Å². The number of fused-ring (bicyclic) bond motifs is 1. The number of hydrogen-bond donors (Lipinski definition) is 1. The first-order chi connectivity index (χ1) is 16.0. The van der Waals surface area contributed by atoms with Crippen LogP contribution in [0.25, 0.3) is 11.4 Å². The first kappa shape index (κ1) is 22.6. The van der Waals surface area contributed by atoms with E-state index in [0.717, 1.165) is 11.3 Å². The number of amides is 1. The predicted molar refractivity (Wildman–Crippen MR) is 123 cm³/mol. The van der Waals surface area contributed by atoms with Gasteiger partial charge >= 0.3 is 0 Å². The van der Waals surface area contributed by atoms with Crippen molar-refractivity contribution in [1.29, 1.82) is 0 Å². The number of benzene rings is 2. The Balaban J connectivity index is 1.39. The van der Waals surface area contributed by atoms with Gasteiger partial charge in [-0.1, -0.05) is 17.8 Å². The van der Waals surface area contributed by atoms with Crippen LogP contribution in [0.1, 0.15) is 5.56 Å². The lowest BCUT2D eigenvalue weighted by Gasteiger charge is -2.21. The van der Waals surface area contributed by atoms with E-state index < -0.39 is 0 Å². The monoisotopic (exact) mass is 471 g/mol. The Morgan fingerprint density at radius 1 is 1.12 bits per heavy atom. The molecule has 2 N–H and O–H groups in total. The van der Waals surface area contributed by atoms with Crippen LogP contribution in [0.5, 0.6) is 23.0 Å². The lowest BCUT2D eigenvalue weighted by atomic mass is 10.2. The highest BCUT2D eigenvalue weighted by atomic mass is 32.2. The maximum absolute atomic E-state index is 12.7. The van der Waals surface area contributed by atoms with E-state index in [1.807, 2.05) is 18.2 Å². The molecule has 10 nitrogen and oxygen atoms in total. The normalized spacial score (nSPS) is 12.3. The first-order valence-electron chi connectivity index (χ1n) is 10.2. The standard InChI is InChI=1S/C22H25N5O5S/c1-26(12-14-4-7-17-19(10-14)32-9-8-31-17)20(28)13-33-22-25-24-21(27(22)23)16-6-5-15(29-2)11-18(16)30-3/h4-7,10-11H,8-9,12-13,23H2,1-3H3. The molecule has 0 fully saturated rings. The van der Waals surface area contributed by atoms with Gasteiger partial charge in [0.1, 0.15) is 24.7 Å². The third kappa shape index (κ3) is 4.92. The minimum Gasteiger partial charge on any atom is -0.497 e. The van der Waals surface area contributed by atoms with E-state index in [1.54, 1.807) is 44.4 Å². The molecular weight excluding hydrogens is 446 g/mol. The average molecular weight is 472 g/mol. The fourth-order valence-electron chi connectivity index (χ4n) is 3.33. The van der Waals surface area contributed by atoms with Crippen LogP contribution in [-0.4, -0.2) is 65.9 Å². The molecule has 0 unspecified atom stereocenters. The molecule has 11 heteroatoms. The van der Waals surface area contributed by atoms with Crippen molar-refractivity contribution >= 4 is 17.7 Å². The number of ether oxygens (including phenoxy) is 4. The summed E-state index contributed by atoms with van der Waals surface area (Å²) in [7, 11) is 4.89. The number of aromatic nitrogens is 3. The second-order valence-electron chi connectivity index (χ2n) is 7.26. The van der Waals surface area contributed by atoms with Crippen molar-refractivity contribution in [2.75, 3.05) is 46.1 Å². The van der Waals surface area contributed by atoms with Crippen molar-refractivity contribution in [1.82, 2.24) is 19.8 Å². The summed E-state index contributed by atoms with van der Waals surface area (Å²) < 4.78 is 23.2. The van der Waals surface area contributed by atoms with Crippen LogP contribution in [0.2, 0.25) is 0 Å². The number of carbonyl (C=O) groups excluding carboxylic acids is 1. The minimum absolute atomic E-state index is 0.0681. The number of nitrogen functional groups attached to an aromatic ring is 1. The highest BCUT2D eigenvalue weighted by molar-refractivity contribution is 7.99. The molecule has 33 heavy (non-hydrogen) atoms. The molecular formula is C22H25N5O5S. The van der Waals surface area contributed by atoms with E-state index in [2.05, 4.69) is 10.2 Å². The van der Waals surface area contributed by atoms with Crippen LogP contribution in [0.4, 0.5) is 0 Å². The zero-order valence-corrected chi connectivity index (χ0v) is 19.4. The molecule has 0 radical (unpaired) electrons. The number of nitrogens with two attached hydrogens (primary N) is 1. The van der Waals surface area contributed by atoms with E-state index in [9.17, 15) is 4.79 Å². The van der Waals surface area contributed by atoms with Crippen LogP contribution >= 0.6 is 11.8 Å². The van der Waals surface area contributed by atoms with E-state index in [-0.39, 0.29) is 11.7 Å². The number of thioether (sulfide) groups is 1. The van der Waals surface area contributed by atoms with E-state index in [1.165, 1.54) is 16.4 Å². The molecule has 3 aromatic rings. The van der Waals surface area contributed by atoms with Gasteiger partial charge in [0.2, 0.25) is 11.1 Å². The molecule has 2 aromatic carbocycles. The van der Waals surface area contributed by atoms with Crippen molar-refractivity contribution in [3.63, 3.8) is 0 Å². The van der Waals surface area contributed by atoms with Crippen LogP contribution < -0.4 is 24.8 Å². The summed E-state index contributed by atoms with van der Waals surface area (Å²) in [4.78, 5) is 14.3. The Kier molecular flexibility index (Phi) is 6.78. The van der Waals surface area contributed by atoms with Gasteiger partial charge in [-0.3, -0.25) is 4.79 Å². The van der Waals surface area contributed by atoms with Gasteiger partial charge in [-0.25, -0.2) is 4.68 Å². The molecule has 174 valence electrons. The Hall–Kier alpha value is -3.60. The zero-order valence-electron chi connectivity index (χ0n) is 18.6. The van der Waals surface area contributed by atoms with Gasteiger partial charge in [0.25, 0.3) is 0 Å². The molecule has 1 amide bonds. The molecule has 0 aliphatic carbocycles. The smallest absolute Gasteiger partial charge is 0.233 e. The van der Waals surface area contributed by atoms with Gasteiger partial charge in [-0.2, -0.15) is 0 Å². The number of hydrogen-bond acceptors (Lipinski definition) is 9. The fraction of sp³-hybridized carbons (Fsp3) is 0.318. The van der Waals surface area contributed by atoms with Gasteiger partial charge in [-0.15, -0.1) is 10.2 Å². The Bertz CT molecular complexity index is 1150. The molecule has 0 saturated carbocycles. The highest BCUT2D eigenvalue weighted by Gasteiger charge is 2.19. The summed E-state index contributed by atoms with van der Waals surface area (Å²) in [6.07, 6.45) is 0. The summed E-state index contributed by atoms with van der Waals surface area (Å²) in [5.41, 5.74) is 1.62. The minimum atomic E-state index is -0.0681. The lowest BCUT2D eigenvalue weighted by molar-refractivity contribution is -0.127. The molecule has 1 aliphatic heterocycles. The van der Waals surface area contributed by atoms with E-state index in [0.29, 0.717) is 53.6 Å². The zero-order chi connectivity index (χ0) is 23.4. The van der Waals surface area contributed by atoms with Crippen LogP contribution in [-0.2, 0) is 11.3 Å². The van der Waals surface area contributed by atoms with Crippen molar-refractivity contribution in [2.45, 2.75) is 11.7 Å². The Morgan fingerprint density at radius 3 is 2.67 bits per heavy atom. The van der Waals surface area contributed by atoms with Crippen molar-refractivity contribution < 1.29 is 23.7 Å². The largest absolute Gasteiger partial charge is 0.497 e. The summed E-state index contributed by atoms with van der Waals surface area (Å²) in [5, 5.41) is 8.73. The molecule has 4 rings (SSSR count). The Labute approximate surface area is 195 Å². The van der Waals surface area contributed by atoms with Gasteiger partial charge in [-0.05, 0) is 29.8 Å². The molecule has 0 bridgehead atoms. The van der Waals surface area contributed by atoms with Crippen molar-refractivity contribution in [3.8, 4) is 34.4 Å². The molecule has 0 atom stereocenters. The van der Waals surface area contributed by atoms with Gasteiger partial charge in [0.15, 0.2) is 17.3 Å². The summed E-state index contributed by atoms with van der Waals surface area (Å²) in [6.45, 7) is 1.51. The van der Waals surface area contributed by atoms with Gasteiger partial charge in [0, 0.05) is 19.7 Å². The molecule has 1 aliphatic rings. The molecule has 2 heterocycles. The lowest BCUT2D eigenvalue weighted by Crippen LogP contribution is -2.28. The maximum Gasteiger partial charge on any atom is 0.233 e. The van der Waals surface area contributed by atoms with E-state index >= 15 is 0 Å². The second kappa shape index (κ2) is 9.90. The molecule has 0 saturated heterocycles. The number of methoxy groups -OCH3 is 2. The second-order valence-corrected chi connectivity index (χ2v) is 8.20. The topological polar surface area (TPSA) is 114 Å². The number of nitrogens with zero attached hydrogens (tertiary/aromatic N) is 4. The first-order valence-corrected chi connectivity index (χ1v) is 11.2. The van der Waals surface area contributed by atoms with Crippen molar-refractivity contribution in [2.24, 2.45) is 0 Å². The fourth-order valence-corrected chi connectivity index (χ4v) is 4.12. The molecule has 1 aromatic heterocycles. The van der Waals surface area contributed by atoms with Crippen LogP contribution in [0.3, 0.4) is 0 Å².